The van der Waals surface area contributed by atoms with Crippen LogP contribution < -0.4 is 10.1 Å². The smallest absolute Gasteiger partial charge is 0.344 e. The second-order valence-electron chi connectivity index (χ2n) is 6.28. The maximum atomic E-state index is 12.2. The number of anilines is 1. The molecule has 0 aromatic heterocycles. The first kappa shape index (κ1) is 20.2. The Balaban J connectivity index is 1.90. The van der Waals surface area contributed by atoms with E-state index in [1.165, 1.54) is 13.8 Å². The molecule has 0 aliphatic rings. The molecule has 0 radical (unpaired) electrons. The van der Waals surface area contributed by atoms with E-state index in [-0.39, 0.29) is 12.4 Å². The van der Waals surface area contributed by atoms with Crippen LogP contribution in [0.4, 0.5) is 5.69 Å². The fraction of sp³-hybridized carbons (Fsp3) is 0.286. The molecule has 1 N–H and O–H groups in total. The molecule has 0 unspecified atom stereocenters. The summed E-state index contributed by atoms with van der Waals surface area (Å²) in [6.07, 6.45) is -1.03. The lowest BCUT2D eigenvalue weighted by Crippen LogP contribution is -2.32. The van der Waals surface area contributed by atoms with E-state index in [9.17, 15) is 14.4 Å². The van der Waals surface area contributed by atoms with Gasteiger partial charge in [0, 0.05) is 5.56 Å². The molecule has 6 heteroatoms. The second kappa shape index (κ2) is 8.98. The number of benzene rings is 2. The summed E-state index contributed by atoms with van der Waals surface area (Å²) < 4.78 is 10.6. The average molecular weight is 369 g/mol. The van der Waals surface area contributed by atoms with E-state index >= 15 is 0 Å². The number of ketones is 1. The van der Waals surface area contributed by atoms with Crippen molar-refractivity contribution in [1.82, 2.24) is 0 Å². The molecule has 0 spiro atoms. The fourth-order valence-corrected chi connectivity index (χ4v) is 2.52. The van der Waals surface area contributed by atoms with Gasteiger partial charge in [-0.2, -0.15) is 0 Å². The first-order chi connectivity index (χ1) is 12.8. The molecule has 0 saturated carbocycles. The first-order valence-electron chi connectivity index (χ1n) is 8.58. The lowest BCUT2D eigenvalue weighted by atomic mass is 10.1. The van der Waals surface area contributed by atoms with Crippen molar-refractivity contribution in [2.75, 3.05) is 11.9 Å². The number of nitrogens with one attached hydrogen (secondary N) is 1. The molecule has 0 aliphatic carbocycles. The van der Waals surface area contributed by atoms with Crippen LogP contribution in [-0.2, 0) is 14.3 Å². The van der Waals surface area contributed by atoms with Gasteiger partial charge in [0.25, 0.3) is 5.91 Å². The van der Waals surface area contributed by atoms with Gasteiger partial charge in [-0.25, -0.2) is 4.79 Å². The lowest BCUT2D eigenvalue weighted by Gasteiger charge is -2.15. The Hall–Kier alpha value is -3.15. The van der Waals surface area contributed by atoms with E-state index in [0.29, 0.717) is 17.0 Å². The summed E-state index contributed by atoms with van der Waals surface area (Å²) in [7, 11) is 0. The van der Waals surface area contributed by atoms with Crippen molar-refractivity contribution >= 4 is 23.3 Å². The normalized spacial score (nSPS) is 11.4. The highest BCUT2D eigenvalue weighted by atomic mass is 16.6. The molecule has 27 heavy (non-hydrogen) atoms. The highest BCUT2D eigenvalue weighted by Crippen LogP contribution is 2.19. The van der Waals surface area contributed by atoms with Crippen LogP contribution in [0.15, 0.2) is 42.5 Å². The zero-order valence-electron chi connectivity index (χ0n) is 15.9. The summed E-state index contributed by atoms with van der Waals surface area (Å²) in [5.74, 6) is -0.761. The van der Waals surface area contributed by atoms with Crippen molar-refractivity contribution in [2.45, 2.75) is 33.8 Å². The summed E-state index contributed by atoms with van der Waals surface area (Å²) in [5.41, 5.74) is 2.78. The Labute approximate surface area is 158 Å². The Morgan fingerprint density at radius 1 is 1.07 bits per heavy atom. The van der Waals surface area contributed by atoms with Crippen LogP contribution in [0.1, 0.15) is 35.3 Å². The summed E-state index contributed by atoms with van der Waals surface area (Å²) in [6.45, 7) is 6.43. The molecule has 0 saturated heterocycles. The first-order valence-corrected chi connectivity index (χ1v) is 8.58. The van der Waals surface area contributed by atoms with E-state index in [1.807, 2.05) is 26.0 Å². The Morgan fingerprint density at radius 3 is 2.44 bits per heavy atom. The Bertz CT molecular complexity index is 859. The standard InChI is InChI=1S/C21H23NO5/c1-13-9-10-19(14(2)11-13)26-12-20(24)27-16(4)21(25)22-18-8-6-5-7-17(18)15(3)23/h5-11,16H,12H2,1-4H3,(H,22,25)/t16-/m0/s1. The maximum Gasteiger partial charge on any atom is 0.344 e. The minimum absolute atomic E-state index is 0.169. The maximum absolute atomic E-state index is 12.2. The molecule has 142 valence electrons. The number of amides is 1. The predicted molar refractivity (Wildman–Crippen MR) is 102 cm³/mol. The van der Waals surface area contributed by atoms with Crippen molar-refractivity contribution in [2.24, 2.45) is 0 Å². The van der Waals surface area contributed by atoms with E-state index in [2.05, 4.69) is 5.32 Å². The van der Waals surface area contributed by atoms with Gasteiger partial charge in [-0.1, -0.05) is 29.8 Å². The number of hydrogen-bond acceptors (Lipinski definition) is 5. The van der Waals surface area contributed by atoms with Crippen LogP contribution in [0.2, 0.25) is 0 Å². The summed E-state index contributed by atoms with van der Waals surface area (Å²) >= 11 is 0. The van der Waals surface area contributed by atoms with Crippen LogP contribution in [0.25, 0.3) is 0 Å². The number of hydrogen-bond donors (Lipinski definition) is 1. The SMILES string of the molecule is CC(=O)c1ccccc1NC(=O)[C@H](C)OC(=O)COc1ccc(C)cc1C. The van der Waals surface area contributed by atoms with Crippen LogP contribution >= 0.6 is 0 Å². The molecular formula is C21H23NO5. The zero-order chi connectivity index (χ0) is 20.0. The van der Waals surface area contributed by atoms with Gasteiger partial charge in [-0.3, -0.25) is 9.59 Å². The third-order valence-corrected chi connectivity index (χ3v) is 3.92. The van der Waals surface area contributed by atoms with Crippen molar-refractivity contribution in [3.8, 4) is 5.75 Å². The lowest BCUT2D eigenvalue weighted by molar-refractivity contribution is -0.155. The fourth-order valence-electron chi connectivity index (χ4n) is 2.52. The van der Waals surface area contributed by atoms with Gasteiger partial charge in [-0.15, -0.1) is 0 Å². The number of rotatable bonds is 7. The van der Waals surface area contributed by atoms with Crippen molar-refractivity contribution in [3.63, 3.8) is 0 Å². The van der Waals surface area contributed by atoms with Crippen LogP contribution in [-0.4, -0.2) is 30.4 Å². The quantitative estimate of drug-likeness (QED) is 0.597. The van der Waals surface area contributed by atoms with Crippen LogP contribution in [0.5, 0.6) is 5.75 Å². The number of carbonyl (C=O) groups is 3. The minimum atomic E-state index is -1.03. The van der Waals surface area contributed by atoms with E-state index in [0.717, 1.165) is 11.1 Å². The van der Waals surface area contributed by atoms with Gasteiger partial charge in [-0.05, 0) is 51.5 Å². The summed E-state index contributed by atoms with van der Waals surface area (Å²) in [6, 6.07) is 12.3. The molecule has 2 rings (SSSR count). The summed E-state index contributed by atoms with van der Waals surface area (Å²) in [5, 5.41) is 2.61. The number of esters is 1. The van der Waals surface area contributed by atoms with Gasteiger partial charge in [0.15, 0.2) is 18.5 Å². The predicted octanol–water partition coefficient (Wildman–Crippen LogP) is 3.46. The Kier molecular flexibility index (Phi) is 6.71. The van der Waals surface area contributed by atoms with Gasteiger partial charge >= 0.3 is 5.97 Å². The van der Waals surface area contributed by atoms with E-state index < -0.39 is 18.0 Å². The molecule has 6 nitrogen and oxygen atoms in total. The van der Waals surface area contributed by atoms with Crippen molar-refractivity contribution < 1.29 is 23.9 Å². The summed E-state index contributed by atoms with van der Waals surface area (Å²) in [4.78, 5) is 35.8. The van der Waals surface area contributed by atoms with E-state index in [4.69, 9.17) is 9.47 Å². The number of ether oxygens (including phenoxy) is 2. The Morgan fingerprint density at radius 2 is 1.78 bits per heavy atom. The average Bonchev–Trinajstić information content (AvgIpc) is 2.61. The van der Waals surface area contributed by atoms with Gasteiger partial charge in [0.2, 0.25) is 0 Å². The highest BCUT2D eigenvalue weighted by Gasteiger charge is 2.20. The molecule has 0 aliphatic heterocycles. The van der Waals surface area contributed by atoms with Crippen LogP contribution in [0, 0.1) is 13.8 Å². The monoisotopic (exact) mass is 369 g/mol. The van der Waals surface area contributed by atoms with E-state index in [1.54, 1.807) is 30.3 Å². The molecule has 2 aromatic carbocycles. The minimum Gasteiger partial charge on any atom is -0.482 e. The molecular weight excluding hydrogens is 346 g/mol. The zero-order valence-corrected chi connectivity index (χ0v) is 15.9. The molecule has 0 fully saturated rings. The molecule has 1 atom stereocenters. The second-order valence-corrected chi connectivity index (χ2v) is 6.28. The number of aryl methyl sites for hydroxylation is 2. The third kappa shape index (κ3) is 5.67. The highest BCUT2D eigenvalue weighted by molar-refractivity contribution is 6.04. The topological polar surface area (TPSA) is 81.7 Å². The third-order valence-electron chi connectivity index (χ3n) is 3.92. The molecule has 2 aromatic rings. The number of carbonyl (C=O) groups excluding carboxylic acids is 3. The molecule has 1 amide bonds. The number of Topliss-reactive ketones (excluding diaryl/α,β-unsaturated/α-hetero) is 1. The largest absolute Gasteiger partial charge is 0.482 e. The molecule has 0 bridgehead atoms. The van der Waals surface area contributed by atoms with Gasteiger partial charge < -0.3 is 14.8 Å². The van der Waals surface area contributed by atoms with Crippen molar-refractivity contribution in [1.29, 1.82) is 0 Å². The molecule has 0 heterocycles. The van der Waals surface area contributed by atoms with Gasteiger partial charge in [0.05, 0.1) is 5.69 Å². The van der Waals surface area contributed by atoms with Crippen LogP contribution in [0.3, 0.4) is 0 Å². The van der Waals surface area contributed by atoms with Gasteiger partial charge in [0.1, 0.15) is 5.75 Å². The van der Waals surface area contributed by atoms with Crippen molar-refractivity contribution in [3.05, 3.63) is 59.2 Å². The number of para-hydroxylation sites is 1.